The van der Waals surface area contributed by atoms with Crippen molar-refractivity contribution in [2.45, 2.75) is 32.9 Å². The summed E-state index contributed by atoms with van der Waals surface area (Å²) in [7, 11) is 0. The van der Waals surface area contributed by atoms with Crippen molar-refractivity contribution in [2.24, 2.45) is 0 Å². The van der Waals surface area contributed by atoms with E-state index in [2.05, 4.69) is 39.9 Å². The lowest BCUT2D eigenvalue weighted by Crippen LogP contribution is -2.48. The average molecular weight is 483 g/mol. The summed E-state index contributed by atoms with van der Waals surface area (Å²) in [5, 5.41) is 14.1. The minimum absolute atomic E-state index is 0.00709. The Morgan fingerprint density at radius 3 is 2.61 bits per heavy atom. The molecular formula is C28H30N6O2. The minimum Gasteiger partial charge on any atom is -0.346 e. The maximum atomic E-state index is 13.2. The van der Waals surface area contributed by atoms with Gasteiger partial charge in [0, 0.05) is 61.0 Å². The number of aromatic nitrogens is 3. The molecule has 0 N–H and O–H groups in total. The van der Waals surface area contributed by atoms with Gasteiger partial charge in [0.25, 0.3) is 0 Å². The third-order valence-electron chi connectivity index (χ3n) is 6.98. The van der Waals surface area contributed by atoms with Gasteiger partial charge in [-0.15, -0.1) is 0 Å². The number of Topliss-reactive ketones (excluding diaryl/α,β-unsaturated/α-hetero) is 1. The molecule has 0 saturated carbocycles. The fourth-order valence-corrected chi connectivity index (χ4v) is 4.80. The Balaban J connectivity index is 1.20. The average Bonchev–Trinajstić information content (AvgIpc) is 3.54. The number of ketones is 1. The quantitative estimate of drug-likeness (QED) is 0.342. The van der Waals surface area contributed by atoms with Gasteiger partial charge >= 0.3 is 0 Å². The standard InChI is InChI=1S/C28H30N6O2/c1-20-8-10-22(11-9-20)27-30-28(36-31-27)21(2)33-16-14-32(15-17-33)19-26(35)24-18-34(13-5-12-29)25-7-4-3-6-23(24)25/h3-4,6-11,18,21H,5,13-17,19H2,1-2H3. The van der Waals surface area contributed by atoms with Gasteiger partial charge in [-0.05, 0) is 19.9 Å². The smallest absolute Gasteiger partial charge is 0.244 e. The SMILES string of the molecule is Cc1ccc(-c2noc(C(C)N3CCN(CC(=O)c4cn(CCC#N)c5ccccc45)CC3)n2)cc1. The van der Waals surface area contributed by atoms with E-state index < -0.39 is 0 Å². The van der Waals surface area contributed by atoms with E-state index in [1.54, 1.807) is 0 Å². The zero-order valence-electron chi connectivity index (χ0n) is 20.7. The molecule has 3 heterocycles. The summed E-state index contributed by atoms with van der Waals surface area (Å²) in [6.07, 6.45) is 2.32. The van der Waals surface area contributed by atoms with Gasteiger partial charge in [0.15, 0.2) is 5.78 Å². The van der Waals surface area contributed by atoms with E-state index in [-0.39, 0.29) is 11.8 Å². The van der Waals surface area contributed by atoms with Crippen LogP contribution >= 0.6 is 0 Å². The van der Waals surface area contributed by atoms with Crippen molar-refractivity contribution in [3.05, 3.63) is 71.7 Å². The zero-order chi connectivity index (χ0) is 25.1. The second-order valence-corrected chi connectivity index (χ2v) is 9.39. The van der Waals surface area contributed by atoms with Crippen molar-refractivity contribution in [3.63, 3.8) is 0 Å². The van der Waals surface area contributed by atoms with E-state index in [1.165, 1.54) is 5.56 Å². The molecule has 5 rings (SSSR count). The van der Waals surface area contributed by atoms with Crippen LogP contribution in [0.4, 0.5) is 0 Å². The van der Waals surface area contributed by atoms with Gasteiger partial charge in [-0.3, -0.25) is 14.6 Å². The molecule has 8 nitrogen and oxygen atoms in total. The highest BCUT2D eigenvalue weighted by atomic mass is 16.5. The van der Waals surface area contributed by atoms with Crippen molar-refractivity contribution in [1.29, 1.82) is 5.26 Å². The number of benzene rings is 2. The molecule has 2 aromatic carbocycles. The van der Waals surface area contributed by atoms with Gasteiger partial charge in [-0.25, -0.2) is 0 Å². The van der Waals surface area contributed by atoms with Crippen LogP contribution in [0, 0.1) is 18.3 Å². The number of fused-ring (bicyclic) bond motifs is 1. The van der Waals surface area contributed by atoms with Crippen LogP contribution in [0.1, 0.15) is 41.2 Å². The first-order valence-electron chi connectivity index (χ1n) is 12.4. The number of rotatable bonds is 8. The Hall–Kier alpha value is -3.80. The molecule has 8 heteroatoms. The minimum atomic E-state index is 0.00709. The molecule has 1 aliphatic rings. The van der Waals surface area contributed by atoms with Gasteiger partial charge < -0.3 is 9.09 Å². The van der Waals surface area contributed by atoms with Crippen molar-refractivity contribution >= 4 is 16.7 Å². The lowest BCUT2D eigenvalue weighted by molar-refractivity contribution is 0.0738. The third kappa shape index (κ3) is 4.94. The molecule has 2 aromatic heterocycles. The van der Waals surface area contributed by atoms with E-state index in [4.69, 9.17) is 9.78 Å². The molecule has 1 atom stereocenters. The fraction of sp³-hybridized carbons (Fsp3) is 0.357. The van der Waals surface area contributed by atoms with Crippen LogP contribution in [0.2, 0.25) is 0 Å². The van der Waals surface area contributed by atoms with Crippen LogP contribution in [0.15, 0.2) is 59.3 Å². The number of carbonyl (C=O) groups is 1. The summed E-state index contributed by atoms with van der Waals surface area (Å²) < 4.78 is 7.61. The molecule has 0 radical (unpaired) electrons. The molecule has 1 unspecified atom stereocenters. The number of para-hydroxylation sites is 1. The number of aryl methyl sites for hydroxylation is 2. The molecule has 0 amide bonds. The number of piperazine rings is 1. The van der Waals surface area contributed by atoms with Crippen LogP contribution < -0.4 is 0 Å². The highest BCUT2D eigenvalue weighted by Gasteiger charge is 2.27. The predicted octanol–water partition coefficient (Wildman–Crippen LogP) is 4.47. The maximum absolute atomic E-state index is 13.2. The first-order valence-corrected chi connectivity index (χ1v) is 12.4. The second kappa shape index (κ2) is 10.4. The fourth-order valence-electron chi connectivity index (χ4n) is 4.80. The number of carbonyl (C=O) groups excluding carboxylic acids is 1. The van der Waals surface area contributed by atoms with Crippen LogP contribution in [0.3, 0.4) is 0 Å². The highest BCUT2D eigenvalue weighted by Crippen LogP contribution is 2.25. The summed E-state index contributed by atoms with van der Waals surface area (Å²) in [6, 6.07) is 18.2. The molecule has 184 valence electrons. The van der Waals surface area contributed by atoms with E-state index in [0.29, 0.717) is 31.2 Å². The number of hydrogen-bond donors (Lipinski definition) is 0. The monoisotopic (exact) mass is 482 g/mol. The Bertz CT molecular complexity index is 1390. The Labute approximate surface area is 210 Å². The molecular weight excluding hydrogens is 452 g/mol. The van der Waals surface area contributed by atoms with Gasteiger partial charge in [-0.1, -0.05) is 53.2 Å². The summed E-state index contributed by atoms with van der Waals surface area (Å²) in [5.74, 6) is 1.33. The van der Waals surface area contributed by atoms with Crippen LogP contribution in [-0.4, -0.2) is 63.0 Å². The van der Waals surface area contributed by atoms with Gasteiger partial charge in [0.05, 0.1) is 25.1 Å². The Morgan fingerprint density at radius 2 is 1.86 bits per heavy atom. The highest BCUT2D eigenvalue weighted by molar-refractivity contribution is 6.09. The van der Waals surface area contributed by atoms with E-state index in [0.717, 1.165) is 48.2 Å². The normalized spacial score (nSPS) is 15.7. The molecule has 4 aromatic rings. The van der Waals surface area contributed by atoms with Gasteiger partial charge in [-0.2, -0.15) is 10.2 Å². The van der Waals surface area contributed by atoms with Crippen molar-refractivity contribution in [3.8, 4) is 17.5 Å². The van der Waals surface area contributed by atoms with Crippen molar-refractivity contribution < 1.29 is 9.32 Å². The summed E-state index contributed by atoms with van der Waals surface area (Å²) >= 11 is 0. The lowest BCUT2D eigenvalue weighted by atomic mass is 10.1. The first kappa shape index (κ1) is 23.9. The topological polar surface area (TPSA) is 91.2 Å². The number of hydrogen-bond acceptors (Lipinski definition) is 7. The lowest BCUT2D eigenvalue weighted by Gasteiger charge is -2.36. The van der Waals surface area contributed by atoms with Gasteiger partial charge in [0.2, 0.25) is 11.7 Å². The first-order chi connectivity index (χ1) is 17.5. The maximum Gasteiger partial charge on any atom is 0.244 e. The van der Waals surface area contributed by atoms with Crippen molar-refractivity contribution in [1.82, 2.24) is 24.5 Å². The van der Waals surface area contributed by atoms with Crippen molar-refractivity contribution in [2.75, 3.05) is 32.7 Å². The second-order valence-electron chi connectivity index (χ2n) is 9.39. The summed E-state index contributed by atoms with van der Waals surface area (Å²) in [6.45, 7) is 8.33. The van der Waals surface area contributed by atoms with E-state index >= 15 is 0 Å². The molecule has 0 spiro atoms. The third-order valence-corrected chi connectivity index (χ3v) is 6.98. The summed E-state index contributed by atoms with van der Waals surface area (Å²) in [5.41, 5.74) is 3.87. The molecule has 0 bridgehead atoms. The van der Waals surface area contributed by atoms with Crippen LogP contribution in [0.5, 0.6) is 0 Å². The Morgan fingerprint density at radius 1 is 1.11 bits per heavy atom. The zero-order valence-corrected chi connectivity index (χ0v) is 20.7. The molecule has 1 aliphatic heterocycles. The van der Waals surface area contributed by atoms with Crippen LogP contribution in [-0.2, 0) is 6.54 Å². The predicted molar refractivity (Wildman–Crippen MR) is 137 cm³/mol. The molecule has 1 saturated heterocycles. The number of nitriles is 1. The van der Waals surface area contributed by atoms with Gasteiger partial charge in [0.1, 0.15) is 0 Å². The molecule has 36 heavy (non-hydrogen) atoms. The molecule has 0 aliphatic carbocycles. The van der Waals surface area contributed by atoms with Crippen LogP contribution in [0.25, 0.3) is 22.3 Å². The molecule has 1 fully saturated rings. The van der Waals surface area contributed by atoms with E-state index in [9.17, 15) is 4.79 Å². The van der Waals surface area contributed by atoms with E-state index in [1.807, 2.05) is 59.3 Å². The Kier molecular flexibility index (Phi) is 6.94. The number of nitrogens with zero attached hydrogens (tertiary/aromatic N) is 6. The summed E-state index contributed by atoms with van der Waals surface area (Å²) in [4.78, 5) is 22.4. The largest absolute Gasteiger partial charge is 0.346 e.